The highest BCUT2D eigenvalue weighted by Gasteiger charge is 2.13. The van der Waals surface area contributed by atoms with Gasteiger partial charge in [-0.05, 0) is 31.5 Å². The highest BCUT2D eigenvalue weighted by Crippen LogP contribution is 2.29. The number of thiazole rings is 1. The van der Waals surface area contributed by atoms with E-state index in [0.717, 1.165) is 22.0 Å². The van der Waals surface area contributed by atoms with Crippen molar-refractivity contribution in [1.29, 1.82) is 0 Å². The van der Waals surface area contributed by atoms with E-state index in [1.54, 1.807) is 36.6 Å². The molecule has 150 valence electrons. The van der Waals surface area contributed by atoms with Gasteiger partial charge in [-0.15, -0.1) is 11.3 Å². The molecule has 3 aromatic rings. The molecule has 0 aliphatic carbocycles. The maximum atomic E-state index is 11.1. The van der Waals surface area contributed by atoms with Crippen LogP contribution in [-0.2, 0) is 22.7 Å². The van der Waals surface area contributed by atoms with Gasteiger partial charge in [0.15, 0.2) is 5.82 Å². The predicted molar refractivity (Wildman–Crippen MR) is 105 cm³/mol. The van der Waals surface area contributed by atoms with Crippen molar-refractivity contribution >= 4 is 22.9 Å². The van der Waals surface area contributed by atoms with E-state index in [0.29, 0.717) is 42.8 Å². The Hall–Kier alpha value is -2.20. The van der Waals surface area contributed by atoms with E-state index in [1.807, 2.05) is 6.92 Å². The van der Waals surface area contributed by atoms with E-state index >= 15 is 0 Å². The topological polar surface area (TPSA) is 99.5 Å². The average Bonchev–Trinajstić information content (AvgIpc) is 3.25. The lowest BCUT2D eigenvalue weighted by Crippen LogP contribution is -2.03. The Balaban J connectivity index is 1.61. The van der Waals surface area contributed by atoms with E-state index in [2.05, 4.69) is 19.6 Å². The SMILES string of the molecule is COCCCOCc1nc(C)sc1COc1ccc(-c2noc(=O)[nH]2)c(Cl)c1. The van der Waals surface area contributed by atoms with Crippen molar-refractivity contribution < 1.29 is 18.7 Å². The first-order chi connectivity index (χ1) is 13.6. The Bertz CT molecular complexity index is 968. The average molecular weight is 426 g/mol. The minimum Gasteiger partial charge on any atom is -0.488 e. The lowest BCUT2D eigenvalue weighted by atomic mass is 10.2. The van der Waals surface area contributed by atoms with Gasteiger partial charge in [0.25, 0.3) is 0 Å². The molecule has 28 heavy (non-hydrogen) atoms. The van der Waals surface area contributed by atoms with E-state index < -0.39 is 5.76 Å². The summed E-state index contributed by atoms with van der Waals surface area (Å²) in [7, 11) is 1.67. The van der Waals surface area contributed by atoms with Crippen LogP contribution in [0.2, 0.25) is 5.02 Å². The first-order valence-corrected chi connectivity index (χ1v) is 9.77. The second-order valence-electron chi connectivity index (χ2n) is 5.88. The number of halogens is 1. The Labute approximate surface area is 170 Å². The molecule has 10 heteroatoms. The summed E-state index contributed by atoms with van der Waals surface area (Å²) in [4.78, 5) is 19.1. The molecule has 0 aliphatic heterocycles. The monoisotopic (exact) mass is 425 g/mol. The molecule has 0 atom stereocenters. The minimum atomic E-state index is -0.635. The van der Waals surface area contributed by atoms with Crippen LogP contribution in [0.1, 0.15) is 22.0 Å². The number of nitrogens with zero attached hydrogens (tertiary/aromatic N) is 2. The number of hydrogen-bond donors (Lipinski definition) is 1. The summed E-state index contributed by atoms with van der Waals surface area (Å²) in [5.41, 5.74) is 1.43. The summed E-state index contributed by atoms with van der Waals surface area (Å²) in [5, 5.41) is 4.98. The van der Waals surface area contributed by atoms with Crippen molar-refractivity contribution in [2.24, 2.45) is 0 Å². The summed E-state index contributed by atoms with van der Waals surface area (Å²) < 4.78 is 21.0. The van der Waals surface area contributed by atoms with E-state index in [1.165, 1.54) is 0 Å². The summed E-state index contributed by atoms with van der Waals surface area (Å²) in [5.74, 6) is 0.231. The van der Waals surface area contributed by atoms with Crippen LogP contribution in [0.25, 0.3) is 11.4 Å². The van der Waals surface area contributed by atoms with Crippen molar-refractivity contribution in [3.8, 4) is 17.1 Å². The Morgan fingerprint density at radius 1 is 1.29 bits per heavy atom. The van der Waals surface area contributed by atoms with Crippen LogP contribution in [0.15, 0.2) is 27.5 Å². The van der Waals surface area contributed by atoms with Gasteiger partial charge in [-0.25, -0.2) is 9.78 Å². The second-order valence-corrected chi connectivity index (χ2v) is 7.57. The lowest BCUT2D eigenvalue weighted by molar-refractivity contribution is 0.0904. The van der Waals surface area contributed by atoms with Crippen molar-refractivity contribution in [3.63, 3.8) is 0 Å². The molecule has 0 radical (unpaired) electrons. The number of aromatic nitrogens is 3. The number of aromatic amines is 1. The molecule has 2 aromatic heterocycles. The molecule has 2 heterocycles. The number of aryl methyl sites for hydroxylation is 1. The third kappa shape index (κ3) is 5.41. The number of rotatable bonds is 10. The van der Waals surface area contributed by atoms with Gasteiger partial charge in [0.1, 0.15) is 12.4 Å². The zero-order valence-corrected chi connectivity index (χ0v) is 17.1. The molecule has 0 amide bonds. The van der Waals surface area contributed by atoms with Crippen LogP contribution in [0.5, 0.6) is 5.75 Å². The van der Waals surface area contributed by atoms with Gasteiger partial charge in [-0.1, -0.05) is 16.8 Å². The third-order valence-electron chi connectivity index (χ3n) is 3.77. The molecule has 0 bridgehead atoms. The Kier molecular flexibility index (Phi) is 7.21. The predicted octanol–water partition coefficient (Wildman–Crippen LogP) is 3.58. The van der Waals surface area contributed by atoms with Crippen LogP contribution in [-0.4, -0.2) is 35.4 Å². The molecular weight excluding hydrogens is 406 g/mol. The lowest BCUT2D eigenvalue weighted by Gasteiger charge is -2.08. The number of nitrogens with one attached hydrogen (secondary N) is 1. The number of H-pyrrole nitrogens is 1. The molecule has 0 unspecified atom stereocenters. The summed E-state index contributed by atoms with van der Waals surface area (Å²) in [6.07, 6.45) is 0.840. The molecule has 1 aromatic carbocycles. The number of methoxy groups -OCH3 is 1. The summed E-state index contributed by atoms with van der Waals surface area (Å²) >= 11 is 7.85. The molecule has 1 N–H and O–H groups in total. The highest BCUT2D eigenvalue weighted by molar-refractivity contribution is 7.11. The van der Waals surface area contributed by atoms with Crippen LogP contribution in [0.3, 0.4) is 0 Å². The van der Waals surface area contributed by atoms with E-state index in [4.69, 9.17) is 25.8 Å². The second kappa shape index (κ2) is 9.83. The number of hydrogen-bond acceptors (Lipinski definition) is 8. The fourth-order valence-electron chi connectivity index (χ4n) is 2.48. The van der Waals surface area contributed by atoms with Gasteiger partial charge < -0.3 is 14.2 Å². The molecule has 0 aliphatic rings. The Morgan fingerprint density at radius 2 is 2.14 bits per heavy atom. The first-order valence-electron chi connectivity index (χ1n) is 8.57. The minimum absolute atomic E-state index is 0.271. The van der Waals surface area contributed by atoms with Crippen molar-refractivity contribution in [2.45, 2.75) is 26.6 Å². The molecular formula is C18H20ClN3O5S. The Morgan fingerprint density at radius 3 is 2.86 bits per heavy atom. The van der Waals surface area contributed by atoms with Gasteiger partial charge >= 0.3 is 5.76 Å². The molecule has 3 rings (SSSR count). The van der Waals surface area contributed by atoms with E-state index in [-0.39, 0.29) is 5.82 Å². The highest BCUT2D eigenvalue weighted by atomic mass is 35.5. The van der Waals surface area contributed by atoms with Gasteiger partial charge in [0.2, 0.25) is 0 Å². The normalized spacial score (nSPS) is 11.1. The van der Waals surface area contributed by atoms with Gasteiger partial charge in [0.05, 0.1) is 27.2 Å². The van der Waals surface area contributed by atoms with Crippen LogP contribution >= 0.6 is 22.9 Å². The summed E-state index contributed by atoms with van der Waals surface area (Å²) in [6.45, 7) is 4.04. The van der Waals surface area contributed by atoms with Gasteiger partial charge in [-0.3, -0.25) is 9.51 Å². The standard InChI is InChI=1S/C18H20ClN3O5S/c1-11-20-15(9-25-7-3-6-24-2)16(28-11)10-26-12-4-5-13(14(19)8-12)17-21-18(23)27-22-17/h4-5,8H,3,6-7,9-10H2,1-2H3,(H,21,22,23). The van der Waals surface area contributed by atoms with Gasteiger partial charge in [0, 0.05) is 25.9 Å². The summed E-state index contributed by atoms with van der Waals surface area (Å²) in [6, 6.07) is 5.13. The molecule has 0 saturated heterocycles. The van der Waals surface area contributed by atoms with Crippen molar-refractivity contribution in [3.05, 3.63) is 49.4 Å². The van der Waals surface area contributed by atoms with Crippen LogP contribution < -0.4 is 10.5 Å². The zero-order valence-electron chi connectivity index (χ0n) is 15.5. The number of benzene rings is 1. The van der Waals surface area contributed by atoms with Crippen LogP contribution in [0, 0.1) is 6.92 Å². The fourth-order valence-corrected chi connectivity index (χ4v) is 3.60. The number of ether oxygens (including phenoxy) is 3. The van der Waals surface area contributed by atoms with Gasteiger partial charge in [-0.2, -0.15) is 0 Å². The first kappa shape index (κ1) is 20.5. The molecule has 0 fully saturated rings. The third-order valence-corrected chi connectivity index (χ3v) is 5.07. The largest absolute Gasteiger partial charge is 0.488 e. The zero-order chi connectivity index (χ0) is 19.9. The van der Waals surface area contributed by atoms with Crippen molar-refractivity contribution in [1.82, 2.24) is 15.1 Å². The molecule has 8 nitrogen and oxygen atoms in total. The molecule has 0 spiro atoms. The van der Waals surface area contributed by atoms with E-state index in [9.17, 15) is 4.79 Å². The maximum Gasteiger partial charge on any atom is 0.439 e. The molecule has 0 saturated carbocycles. The smallest absolute Gasteiger partial charge is 0.439 e. The van der Waals surface area contributed by atoms with Crippen LogP contribution in [0.4, 0.5) is 0 Å². The van der Waals surface area contributed by atoms with Crippen molar-refractivity contribution in [2.75, 3.05) is 20.3 Å². The maximum absolute atomic E-state index is 11.1. The quantitative estimate of drug-likeness (QED) is 0.495. The fraction of sp³-hybridized carbons (Fsp3) is 0.389.